The first-order valence-corrected chi connectivity index (χ1v) is 5.09. The van der Waals surface area contributed by atoms with Crippen molar-refractivity contribution in [2.45, 2.75) is 19.4 Å². The highest BCUT2D eigenvalue weighted by atomic mass is 16.3. The molecule has 0 atom stereocenters. The quantitative estimate of drug-likeness (QED) is 0.800. The molecule has 4 nitrogen and oxygen atoms in total. The molecule has 4 heteroatoms. The number of benzene rings is 1. The van der Waals surface area contributed by atoms with Crippen molar-refractivity contribution >= 4 is 0 Å². The molecular formula is C12H14N2O2. The maximum absolute atomic E-state index is 11.7. The Labute approximate surface area is 93.1 Å². The second kappa shape index (κ2) is 3.64. The first kappa shape index (κ1) is 10.7. The molecule has 0 bridgehead atoms. The van der Waals surface area contributed by atoms with Gasteiger partial charge in [-0.1, -0.05) is 18.2 Å². The molecule has 0 aliphatic rings. The maximum Gasteiger partial charge on any atom is 0.271 e. The zero-order valence-electron chi connectivity index (χ0n) is 9.27. The predicted molar refractivity (Wildman–Crippen MR) is 61.6 cm³/mol. The number of hydrogen-bond acceptors (Lipinski definition) is 2. The summed E-state index contributed by atoms with van der Waals surface area (Å²) in [7, 11) is 0. The van der Waals surface area contributed by atoms with E-state index in [2.05, 4.69) is 5.10 Å². The van der Waals surface area contributed by atoms with Gasteiger partial charge in [0.05, 0.1) is 11.4 Å². The van der Waals surface area contributed by atoms with Crippen molar-refractivity contribution in [2.75, 3.05) is 0 Å². The van der Waals surface area contributed by atoms with E-state index < -0.39 is 5.60 Å². The van der Waals surface area contributed by atoms with E-state index in [-0.39, 0.29) is 5.56 Å². The lowest BCUT2D eigenvalue weighted by Crippen LogP contribution is -2.16. The monoisotopic (exact) mass is 218 g/mol. The molecule has 0 spiro atoms. The van der Waals surface area contributed by atoms with Gasteiger partial charge in [-0.05, 0) is 26.0 Å². The average Bonchev–Trinajstić information content (AvgIpc) is 2.61. The summed E-state index contributed by atoms with van der Waals surface area (Å²) in [5.41, 5.74) is 0.0341. The van der Waals surface area contributed by atoms with Gasteiger partial charge in [0.2, 0.25) is 0 Å². The van der Waals surface area contributed by atoms with E-state index in [1.165, 1.54) is 10.7 Å². The molecular weight excluding hydrogens is 204 g/mol. The van der Waals surface area contributed by atoms with Crippen molar-refractivity contribution in [3.05, 3.63) is 52.4 Å². The Hall–Kier alpha value is -1.81. The highest BCUT2D eigenvalue weighted by Crippen LogP contribution is 2.16. The molecule has 16 heavy (non-hydrogen) atoms. The summed E-state index contributed by atoms with van der Waals surface area (Å²) in [5, 5.41) is 12.7. The Morgan fingerprint density at radius 3 is 2.38 bits per heavy atom. The van der Waals surface area contributed by atoms with Gasteiger partial charge in [0, 0.05) is 6.07 Å². The third kappa shape index (κ3) is 1.92. The van der Waals surface area contributed by atoms with Crippen molar-refractivity contribution in [1.82, 2.24) is 9.78 Å². The molecule has 0 fully saturated rings. The van der Waals surface area contributed by atoms with Crippen LogP contribution in [0.25, 0.3) is 5.69 Å². The Kier molecular flexibility index (Phi) is 2.44. The van der Waals surface area contributed by atoms with E-state index >= 15 is 0 Å². The minimum absolute atomic E-state index is 0.177. The minimum Gasteiger partial charge on any atom is -0.384 e. The zero-order chi connectivity index (χ0) is 11.8. The lowest BCUT2D eigenvalue weighted by Gasteiger charge is -2.14. The average molecular weight is 218 g/mol. The van der Waals surface area contributed by atoms with Gasteiger partial charge in [0.25, 0.3) is 5.56 Å². The second-order valence-electron chi connectivity index (χ2n) is 4.24. The van der Waals surface area contributed by atoms with Gasteiger partial charge in [-0.25, -0.2) is 4.68 Å². The summed E-state index contributed by atoms with van der Waals surface area (Å²) in [6.45, 7) is 3.27. The number of hydrogen-bond donors (Lipinski definition) is 2. The Morgan fingerprint density at radius 1 is 1.25 bits per heavy atom. The van der Waals surface area contributed by atoms with E-state index in [1.54, 1.807) is 13.8 Å². The molecule has 0 saturated carbocycles. The van der Waals surface area contributed by atoms with Crippen molar-refractivity contribution in [1.29, 1.82) is 0 Å². The largest absolute Gasteiger partial charge is 0.384 e. The van der Waals surface area contributed by atoms with Crippen LogP contribution in [0.2, 0.25) is 0 Å². The molecule has 1 aromatic heterocycles. The lowest BCUT2D eigenvalue weighted by molar-refractivity contribution is 0.0734. The molecule has 84 valence electrons. The zero-order valence-corrected chi connectivity index (χ0v) is 9.27. The van der Waals surface area contributed by atoms with Crippen molar-refractivity contribution < 1.29 is 5.11 Å². The van der Waals surface area contributed by atoms with E-state index in [1.807, 2.05) is 30.3 Å². The SMILES string of the molecule is CC(C)(O)c1cc(=O)n(-c2ccccc2)[nH]1. The molecule has 0 unspecified atom stereocenters. The smallest absolute Gasteiger partial charge is 0.271 e. The van der Waals surface area contributed by atoms with Crippen LogP contribution in [0.15, 0.2) is 41.2 Å². The number of aliphatic hydroxyl groups is 1. The van der Waals surface area contributed by atoms with Crippen LogP contribution in [0, 0.1) is 0 Å². The standard InChI is InChI=1S/C12H14N2O2/c1-12(2,16)10-8-11(15)14(13-10)9-6-4-3-5-7-9/h3-8,13,16H,1-2H3. The van der Waals surface area contributed by atoms with Crippen molar-refractivity contribution in [3.63, 3.8) is 0 Å². The molecule has 2 N–H and O–H groups in total. The number of nitrogens with one attached hydrogen (secondary N) is 1. The van der Waals surface area contributed by atoms with Gasteiger partial charge >= 0.3 is 0 Å². The van der Waals surface area contributed by atoms with Crippen molar-refractivity contribution in [2.24, 2.45) is 0 Å². The van der Waals surface area contributed by atoms with Gasteiger partial charge in [-0.3, -0.25) is 9.89 Å². The number of para-hydroxylation sites is 1. The van der Waals surface area contributed by atoms with Crippen LogP contribution >= 0.6 is 0 Å². The maximum atomic E-state index is 11.7. The number of rotatable bonds is 2. The fourth-order valence-corrected chi connectivity index (χ4v) is 1.48. The van der Waals surface area contributed by atoms with Gasteiger partial charge in [0.15, 0.2) is 0 Å². The minimum atomic E-state index is -1.04. The summed E-state index contributed by atoms with van der Waals surface area (Å²) in [4.78, 5) is 11.7. The number of aromatic nitrogens is 2. The van der Waals surface area contributed by atoms with Crippen LogP contribution in [-0.4, -0.2) is 14.9 Å². The summed E-state index contributed by atoms with van der Waals surface area (Å²) in [6.07, 6.45) is 0. The molecule has 2 rings (SSSR count). The van der Waals surface area contributed by atoms with Crippen LogP contribution < -0.4 is 5.56 Å². The molecule has 1 aromatic carbocycles. The van der Waals surface area contributed by atoms with E-state index in [4.69, 9.17) is 0 Å². The second-order valence-corrected chi connectivity index (χ2v) is 4.24. The lowest BCUT2D eigenvalue weighted by atomic mass is 10.1. The fraction of sp³-hybridized carbons (Fsp3) is 0.250. The topological polar surface area (TPSA) is 58.0 Å². The molecule has 0 aliphatic carbocycles. The van der Waals surface area contributed by atoms with Gasteiger partial charge in [0.1, 0.15) is 5.60 Å². The highest BCUT2D eigenvalue weighted by Gasteiger charge is 2.19. The molecule has 0 saturated heterocycles. The number of aromatic amines is 1. The van der Waals surface area contributed by atoms with Crippen LogP contribution in [-0.2, 0) is 5.60 Å². The van der Waals surface area contributed by atoms with Crippen LogP contribution in [0.5, 0.6) is 0 Å². The molecule has 1 heterocycles. The summed E-state index contributed by atoms with van der Waals surface area (Å²) >= 11 is 0. The molecule has 0 aliphatic heterocycles. The predicted octanol–water partition coefficient (Wildman–Crippen LogP) is 1.39. The summed E-state index contributed by atoms with van der Waals surface area (Å²) < 4.78 is 1.41. The normalized spacial score (nSPS) is 11.7. The van der Waals surface area contributed by atoms with Gasteiger partial charge < -0.3 is 5.11 Å². The first-order valence-electron chi connectivity index (χ1n) is 5.09. The van der Waals surface area contributed by atoms with Gasteiger partial charge in [-0.2, -0.15) is 0 Å². The molecule has 0 radical (unpaired) electrons. The fourth-order valence-electron chi connectivity index (χ4n) is 1.48. The van der Waals surface area contributed by atoms with Gasteiger partial charge in [-0.15, -0.1) is 0 Å². The van der Waals surface area contributed by atoms with E-state index in [9.17, 15) is 9.90 Å². The number of nitrogens with zero attached hydrogens (tertiary/aromatic N) is 1. The number of H-pyrrole nitrogens is 1. The van der Waals surface area contributed by atoms with Crippen LogP contribution in [0.4, 0.5) is 0 Å². The third-order valence-corrected chi connectivity index (χ3v) is 2.39. The summed E-state index contributed by atoms with van der Waals surface area (Å²) in [5.74, 6) is 0. The molecule has 2 aromatic rings. The first-order chi connectivity index (χ1) is 7.48. The summed E-state index contributed by atoms with van der Waals surface area (Å²) in [6, 6.07) is 10.7. The molecule has 0 amide bonds. The Balaban J connectivity index is 2.53. The van der Waals surface area contributed by atoms with Crippen LogP contribution in [0.1, 0.15) is 19.5 Å². The highest BCUT2D eigenvalue weighted by molar-refractivity contribution is 5.30. The van der Waals surface area contributed by atoms with Crippen LogP contribution in [0.3, 0.4) is 0 Å². The van der Waals surface area contributed by atoms with E-state index in [0.29, 0.717) is 5.69 Å². The Morgan fingerprint density at radius 2 is 1.88 bits per heavy atom. The Bertz CT molecular complexity index is 532. The van der Waals surface area contributed by atoms with Crippen molar-refractivity contribution in [3.8, 4) is 5.69 Å². The van der Waals surface area contributed by atoms with E-state index in [0.717, 1.165) is 5.69 Å². The third-order valence-electron chi connectivity index (χ3n) is 2.39.